The average Bonchev–Trinajstić information content (AvgIpc) is 3.30. The van der Waals surface area contributed by atoms with Crippen LogP contribution in [-0.4, -0.2) is 4.98 Å². The van der Waals surface area contributed by atoms with Crippen LogP contribution in [0.4, 0.5) is 0 Å². The van der Waals surface area contributed by atoms with Gasteiger partial charge in [-0.1, -0.05) is 77.1 Å². The minimum atomic E-state index is -0.00929. The lowest BCUT2D eigenvalue weighted by molar-refractivity contribution is 0.257. The van der Waals surface area contributed by atoms with Crippen molar-refractivity contribution in [1.29, 1.82) is 0 Å². The Bertz CT molecular complexity index is 1600. The molecule has 2 heterocycles. The third kappa shape index (κ3) is 3.50. The van der Waals surface area contributed by atoms with Gasteiger partial charge in [0.05, 0.1) is 5.69 Å². The molecule has 0 spiro atoms. The van der Waals surface area contributed by atoms with Gasteiger partial charge in [-0.3, -0.25) is 4.98 Å². The SMILES string of the molecule is Cc1ccc2c(oc3cc4c(cc32)C(CC(C)C)(CC(C)(C)C)c2ccccc2-4)c1-c1ccccn1. The summed E-state index contributed by atoms with van der Waals surface area (Å²) in [7, 11) is 0. The molecule has 182 valence electrons. The van der Waals surface area contributed by atoms with Gasteiger partial charge < -0.3 is 4.42 Å². The van der Waals surface area contributed by atoms with Gasteiger partial charge in [0.15, 0.2) is 0 Å². The number of fused-ring (bicyclic) bond motifs is 6. The van der Waals surface area contributed by atoms with E-state index in [0.717, 1.165) is 35.3 Å². The van der Waals surface area contributed by atoms with Gasteiger partial charge in [-0.2, -0.15) is 0 Å². The summed E-state index contributed by atoms with van der Waals surface area (Å²) >= 11 is 0. The zero-order valence-electron chi connectivity index (χ0n) is 22.3. The van der Waals surface area contributed by atoms with Crippen molar-refractivity contribution < 1.29 is 4.42 Å². The molecule has 0 radical (unpaired) electrons. The van der Waals surface area contributed by atoms with Gasteiger partial charge in [0.2, 0.25) is 0 Å². The van der Waals surface area contributed by atoms with Gasteiger partial charge in [0.1, 0.15) is 11.2 Å². The Morgan fingerprint density at radius 1 is 0.861 bits per heavy atom. The topological polar surface area (TPSA) is 26.0 Å². The van der Waals surface area contributed by atoms with E-state index in [9.17, 15) is 0 Å². The third-order valence-electron chi connectivity index (χ3n) is 7.75. The Balaban J connectivity index is 1.69. The van der Waals surface area contributed by atoms with Crippen molar-refractivity contribution >= 4 is 21.9 Å². The first kappa shape index (κ1) is 23.0. The minimum absolute atomic E-state index is 0.00929. The molecule has 1 aliphatic rings. The fourth-order valence-electron chi connectivity index (χ4n) is 6.80. The first-order valence-electron chi connectivity index (χ1n) is 13.2. The second-order valence-electron chi connectivity index (χ2n) is 12.3. The van der Waals surface area contributed by atoms with Crippen LogP contribution in [0, 0.1) is 18.3 Å². The zero-order valence-corrected chi connectivity index (χ0v) is 22.3. The van der Waals surface area contributed by atoms with Gasteiger partial charge in [0, 0.05) is 27.9 Å². The highest BCUT2D eigenvalue weighted by Gasteiger charge is 2.46. The second kappa shape index (κ2) is 8.06. The predicted octanol–water partition coefficient (Wildman–Crippen LogP) is 9.71. The average molecular weight is 474 g/mol. The number of aryl methyl sites for hydroxylation is 1. The molecule has 0 fully saturated rings. The number of nitrogens with zero attached hydrogens (tertiary/aromatic N) is 1. The van der Waals surface area contributed by atoms with Crippen molar-refractivity contribution in [1.82, 2.24) is 4.98 Å². The maximum Gasteiger partial charge on any atom is 0.145 e. The van der Waals surface area contributed by atoms with Gasteiger partial charge in [0.25, 0.3) is 0 Å². The summed E-state index contributed by atoms with van der Waals surface area (Å²) in [4.78, 5) is 4.66. The van der Waals surface area contributed by atoms with Crippen LogP contribution >= 0.6 is 0 Å². The zero-order chi connectivity index (χ0) is 25.2. The van der Waals surface area contributed by atoms with E-state index in [2.05, 4.69) is 101 Å². The van der Waals surface area contributed by atoms with Crippen LogP contribution in [0.25, 0.3) is 44.3 Å². The van der Waals surface area contributed by atoms with Crippen LogP contribution in [0.2, 0.25) is 0 Å². The molecule has 6 rings (SSSR count). The molecule has 0 saturated carbocycles. The Morgan fingerprint density at radius 3 is 2.36 bits per heavy atom. The van der Waals surface area contributed by atoms with E-state index >= 15 is 0 Å². The highest BCUT2D eigenvalue weighted by Crippen LogP contribution is 2.57. The number of benzene rings is 3. The number of hydrogen-bond donors (Lipinski definition) is 0. The molecule has 0 aliphatic heterocycles. The lowest BCUT2D eigenvalue weighted by Crippen LogP contribution is -2.32. The molecular weight excluding hydrogens is 438 g/mol. The van der Waals surface area contributed by atoms with E-state index in [1.165, 1.54) is 38.6 Å². The molecule has 2 heteroatoms. The number of furan rings is 1. The molecule has 0 saturated heterocycles. The van der Waals surface area contributed by atoms with Crippen LogP contribution in [0.5, 0.6) is 0 Å². The highest BCUT2D eigenvalue weighted by atomic mass is 16.3. The maximum atomic E-state index is 6.67. The highest BCUT2D eigenvalue weighted by molar-refractivity contribution is 6.11. The molecule has 0 N–H and O–H groups in total. The summed E-state index contributed by atoms with van der Waals surface area (Å²) < 4.78 is 6.67. The Morgan fingerprint density at radius 2 is 1.64 bits per heavy atom. The first-order valence-corrected chi connectivity index (χ1v) is 13.2. The van der Waals surface area contributed by atoms with Crippen molar-refractivity contribution in [3.63, 3.8) is 0 Å². The minimum Gasteiger partial charge on any atom is -0.455 e. The molecule has 1 aliphatic carbocycles. The number of rotatable bonds is 4. The number of pyridine rings is 1. The lowest BCUT2D eigenvalue weighted by Gasteiger charge is -2.39. The van der Waals surface area contributed by atoms with Crippen molar-refractivity contribution in [2.24, 2.45) is 11.3 Å². The van der Waals surface area contributed by atoms with Crippen molar-refractivity contribution in [2.45, 2.75) is 59.8 Å². The largest absolute Gasteiger partial charge is 0.455 e. The van der Waals surface area contributed by atoms with Crippen LogP contribution in [0.1, 0.15) is 64.2 Å². The van der Waals surface area contributed by atoms with Gasteiger partial charge in [-0.15, -0.1) is 0 Å². The molecule has 3 aromatic carbocycles. The van der Waals surface area contributed by atoms with Crippen molar-refractivity contribution in [2.75, 3.05) is 0 Å². The second-order valence-corrected chi connectivity index (χ2v) is 12.3. The predicted molar refractivity (Wildman–Crippen MR) is 151 cm³/mol. The summed E-state index contributed by atoms with van der Waals surface area (Å²) in [5.41, 5.74) is 10.9. The molecule has 1 atom stereocenters. The van der Waals surface area contributed by atoms with E-state index in [-0.39, 0.29) is 10.8 Å². The van der Waals surface area contributed by atoms with Crippen molar-refractivity contribution in [3.8, 4) is 22.4 Å². The molecule has 0 amide bonds. The summed E-state index contributed by atoms with van der Waals surface area (Å²) in [5, 5.41) is 2.37. The number of hydrogen-bond acceptors (Lipinski definition) is 2. The summed E-state index contributed by atoms with van der Waals surface area (Å²) in [6.45, 7) is 14.0. The summed E-state index contributed by atoms with van der Waals surface area (Å²) in [6, 6.07) is 24.3. The standard InChI is InChI=1S/C34H35NO/c1-21(2)19-34(20-33(4,5)6)27-12-8-7-11-23(27)25-18-30-26(17-28(25)34)24-15-14-22(3)31(32(24)36-30)29-13-9-10-16-35-29/h7-18,21H,19-20H2,1-6H3. The van der Waals surface area contributed by atoms with Crippen LogP contribution in [0.15, 0.2) is 77.3 Å². The molecule has 5 aromatic rings. The Hall–Kier alpha value is -3.39. The van der Waals surface area contributed by atoms with Crippen molar-refractivity contribution in [3.05, 3.63) is 89.6 Å². The Kier molecular flexibility index (Phi) is 5.16. The molecule has 2 aromatic heterocycles. The van der Waals surface area contributed by atoms with Crippen LogP contribution in [0.3, 0.4) is 0 Å². The normalized spacial score (nSPS) is 17.2. The van der Waals surface area contributed by atoms with E-state index in [4.69, 9.17) is 4.42 Å². The third-order valence-corrected chi connectivity index (χ3v) is 7.75. The van der Waals surface area contributed by atoms with Crippen LogP contribution < -0.4 is 0 Å². The van der Waals surface area contributed by atoms with E-state index in [0.29, 0.717) is 5.92 Å². The smallest absolute Gasteiger partial charge is 0.145 e. The van der Waals surface area contributed by atoms with E-state index < -0.39 is 0 Å². The van der Waals surface area contributed by atoms with Gasteiger partial charge in [-0.05, 0) is 83.2 Å². The molecule has 1 unspecified atom stereocenters. The van der Waals surface area contributed by atoms with Crippen LogP contribution in [-0.2, 0) is 5.41 Å². The fourth-order valence-corrected chi connectivity index (χ4v) is 6.80. The lowest BCUT2D eigenvalue weighted by atomic mass is 9.64. The van der Waals surface area contributed by atoms with E-state index in [1.807, 2.05) is 18.3 Å². The molecule has 36 heavy (non-hydrogen) atoms. The van der Waals surface area contributed by atoms with Gasteiger partial charge >= 0.3 is 0 Å². The first-order chi connectivity index (χ1) is 17.2. The van der Waals surface area contributed by atoms with E-state index in [1.54, 1.807) is 0 Å². The molecule has 0 bridgehead atoms. The maximum absolute atomic E-state index is 6.67. The molecule has 2 nitrogen and oxygen atoms in total. The summed E-state index contributed by atoms with van der Waals surface area (Å²) in [5.74, 6) is 0.585. The van der Waals surface area contributed by atoms with Gasteiger partial charge in [-0.25, -0.2) is 0 Å². The quantitative estimate of drug-likeness (QED) is 0.260. The summed E-state index contributed by atoms with van der Waals surface area (Å²) in [6.07, 6.45) is 4.10. The number of aromatic nitrogens is 1. The Labute approximate surface area is 214 Å². The fraction of sp³-hybridized carbons (Fsp3) is 0.324. The monoisotopic (exact) mass is 473 g/mol. The molecular formula is C34H35NO.